The van der Waals surface area contributed by atoms with Gasteiger partial charge in [0.25, 0.3) is 0 Å². The Morgan fingerprint density at radius 3 is 2.60 bits per heavy atom. The average Bonchev–Trinajstić information content (AvgIpc) is 1.82. The number of carbonyl (C=O) groups is 2. The molecule has 56 valence electrons. The van der Waals surface area contributed by atoms with Crippen molar-refractivity contribution in [2.75, 3.05) is 0 Å². The Hall–Kier alpha value is -0.370. The minimum Gasteiger partial charge on any atom is -0.321 e. The first kappa shape index (κ1) is 7.73. The fraction of sp³-hybridized carbons (Fsp3) is 0.500. The van der Waals surface area contributed by atoms with Crippen LogP contribution in [0.2, 0.25) is 0 Å². The highest BCUT2D eigenvalue weighted by Gasteiger charge is 2.30. The molecule has 0 radical (unpaired) electrons. The molecule has 0 aromatic rings. The van der Waals surface area contributed by atoms with Crippen LogP contribution >= 0.6 is 22.6 Å². The summed E-state index contributed by atoms with van der Waals surface area (Å²) >= 11 is 1.87. The average molecular weight is 255 g/mol. The van der Waals surface area contributed by atoms with E-state index in [0.29, 0.717) is 0 Å². The monoisotopic (exact) mass is 255 g/mol. The quantitative estimate of drug-likeness (QED) is 0.380. The summed E-state index contributed by atoms with van der Waals surface area (Å²) in [7, 11) is 0. The van der Waals surface area contributed by atoms with Crippen LogP contribution in [0.5, 0.6) is 0 Å². The van der Waals surface area contributed by atoms with Gasteiger partial charge in [0.15, 0.2) is 0 Å². The van der Waals surface area contributed by atoms with E-state index in [1.807, 2.05) is 22.6 Å². The number of carbonyl (C=O) groups excluding carboxylic acids is 2. The molecule has 0 spiro atoms. The smallest absolute Gasteiger partial charge is 0.321 e. The summed E-state index contributed by atoms with van der Waals surface area (Å²) in [6.07, 6.45) is -0.568. The lowest BCUT2D eigenvalue weighted by atomic mass is 10.3. The molecule has 1 aliphatic heterocycles. The topological polar surface area (TPSA) is 84.2 Å². The van der Waals surface area contributed by atoms with Crippen LogP contribution in [0.3, 0.4) is 0 Å². The van der Waals surface area contributed by atoms with Gasteiger partial charge in [-0.05, 0) is 0 Å². The molecule has 2 atom stereocenters. The van der Waals surface area contributed by atoms with E-state index in [0.717, 1.165) is 0 Å². The van der Waals surface area contributed by atoms with E-state index in [9.17, 15) is 9.59 Å². The van der Waals surface area contributed by atoms with Crippen molar-refractivity contribution >= 4 is 34.5 Å². The first-order valence-corrected chi connectivity index (χ1v) is 3.87. The Bertz CT molecular complexity index is 183. The van der Waals surface area contributed by atoms with Gasteiger partial charge in [0.2, 0.25) is 5.91 Å². The van der Waals surface area contributed by atoms with Crippen molar-refractivity contribution in [2.45, 2.75) is 10.1 Å². The van der Waals surface area contributed by atoms with E-state index < -0.39 is 12.2 Å². The van der Waals surface area contributed by atoms with Gasteiger partial charge in [-0.2, -0.15) is 0 Å². The van der Waals surface area contributed by atoms with E-state index in [4.69, 9.17) is 5.73 Å². The number of rotatable bonds is 0. The minimum atomic E-state index is -0.568. The predicted molar refractivity (Wildman–Crippen MR) is 42.5 cm³/mol. The zero-order chi connectivity index (χ0) is 7.72. The summed E-state index contributed by atoms with van der Waals surface area (Å²) in [5.41, 5.74) is 5.36. The Morgan fingerprint density at radius 2 is 2.10 bits per heavy atom. The summed E-state index contributed by atoms with van der Waals surface area (Å²) in [5.74, 6) is -0.336. The molecule has 10 heavy (non-hydrogen) atoms. The molecule has 0 unspecified atom stereocenters. The number of imide groups is 1. The zero-order valence-corrected chi connectivity index (χ0v) is 7.08. The second-order valence-electron chi connectivity index (χ2n) is 1.89. The molecule has 5 nitrogen and oxygen atoms in total. The first-order chi connectivity index (χ1) is 4.61. The maximum Gasteiger partial charge on any atom is 0.322 e. The second-order valence-corrected chi connectivity index (χ2v) is 3.23. The molecular formula is C4H6IN3O2. The number of amides is 3. The van der Waals surface area contributed by atoms with Crippen molar-refractivity contribution in [3.8, 4) is 0 Å². The fourth-order valence-electron chi connectivity index (χ4n) is 0.605. The van der Waals surface area contributed by atoms with Gasteiger partial charge in [-0.15, -0.1) is 0 Å². The normalized spacial score (nSPS) is 33.0. The molecule has 1 fully saturated rings. The zero-order valence-electron chi connectivity index (χ0n) is 4.93. The number of nitrogens with two attached hydrogens (primary N) is 1. The SMILES string of the molecule is N[C@H]1NC(=O)NC(=O)[C@H]1I. The van der Waals surface area contributed by atoms with Crippen LogP contribution in [0.25, 0.3) is 0 Å². The largest absolute Gasteiger partial charge is 0.322 e. The molecule has 3 amide bonds. The Balaban J connectivity index is 2.66. The standard InChI is InChI=1S/C4H6IN3O2/c5-1-2(6)7-4(10)8-3(1)9/h1-2H,6H2,(H2,7,8,9,10)/t1-,2-/m0/s1. The lowest BCUT2D eigenvalue weighted by Gasteiger charge is -2.23. The molecule has 0 aliphatic carbocycles. The van der Waals surface area contributed by atoms with Crippen molar-refractivity contribution in [1.29, 1.82) is 0 Å². The summed E-state index contributed by atoms with van der Waals surface area (Å²) < 4.78 is -0.379. The number of alkyl halides is 1. The predicted octanol–water partition coefficient (Wildman–Crippen LogP) is -1.09. The molecule has 1 rings (SSSR count). The second kappa shape index (κ2) is 2.70. The minimum absolute atomic E-state index is 0.336. The third kappa shape index (κ3) is 1.37. The van der Waals surface area contributed by atoms with E-state index in [2.05, 4.69) is 10.6 Å². The molecule has 0 aromatic heterocycles. The first-order valence-electron chi connectivity index (χ1n) is 2.62. The summed E-state index contributed by atoms with van der Waals surface area (Å²) in [6.45, 7) is 0. The highest BCUT2D eigenvalue weighted by molar-refractivity contribution is 14.1. The van der Waals surface area contributed by atoms with Gasteiger partial charge in [0, 0.05) is 0 Å². The number of urea groups is 1. The van der Waals surface area contributed by atoms with Crippen LogP contribution < -0.4 is 16.4 Å². The summed E-state index contributed by atoms with van der Waals surface area (Å²) in [6, 6.07) is -0.523. The van der Waals surface area contributed by atoms with Crippen LogP contribution in [0.4, 0.5) is 4.79 Å². The number of hydrogen-bond acceptors (Lipinski definition) is 3. The van der Waals surface area contributed by atoms with Crippen molar-refractivity contribution < 1.29 is 9.59 Å². The number of halogens is 1. The van der Waals surface area contributed by atoms with E-state index >= 15 is 0 Å². The van der Waals surface area contributed by atoms with Crippen LogP contribution in [0.1, 0.15) is 0 Å². The number of hydrogen-bond donors (Lipinski definition) is 3. The summed E-state index contributed by atoms with van der Waals surface area (Å²) in [4.78, 5) is 21.3. The molecule has 1 heterocycles. The highest BCUT2D eigenvalue weighted by Crippen LogP contribution is 2.05. The molecule has 0 aromatic carbocycles. The molecule has 4 N–H and O–H groups in total. The lowest BCUT2D eigenvalue weighted by Crippen LogP contribution is -2.62. The van der Waals surface area contributed by atoms with Gasteiger partial charge < -0.3 is 11.1 Å². The van der Waals surface area contributed by atoms with Crippen LogP contribution in [-0.4, -0.2) is 22.0 Å². The van der Waals surface area contributed by atoms with Crippen LogP contribution in [-0.2, 0) is 4.79 Å². The molecular weight excluding hydrogens is 249 g/mol. The van der Waals surface area contributed by atoms with E-state index in [1.54, 1.807) is 0 Å². The molecule has 0 bridgehead atoms. The van der Waals surface area contributed by atoms with Gasteiger partial charge in [0.05, 0.1) is 6.17 Å². The maximum absolute atomic E-state index is 10.8. The van der Waals surface area contributed by atoms with Crippen LogP contribution in [0.15, 0.2) is 0 Å². The third-order valence-corrected chi connectivity index (χ3v) is 2.44. The fourth-order valence-corrected chi connectivity index (χ4v) is 0.940. The summed E-state index contributed by atoms with van der Waals surface area (Å²) in [5, 5.41) is 4.44. The highest BCUT2D eigenvalue weighted by atomic mass is 127. The van der Waals surface area contributed by atoms with Crippen molar-refractivity contribution in [3.63, 3.8) is 0 Å². The van der Waals surface area contributed by atoms with Gasteiger partial charge in [-0.3, -0.25) is 10.1 Å². The van der Waals surface area contributed by atoms with Crippen molar-refractivity contribution in [3.05, 3.63) is 0 Å². The molecule has 1 saturated heterocycles. The lowest BCUT2D eigenvalue weighted by molar-refractivity contribution is -0.120. The van der Waals surface area contributed by atoms with Gasteiger partial charge in [0.1, 0.15) is 3.92 Å². The Morgan fingerprint density at radius 1 is 1.50 bits per heavy atom. The van der Waals surface area contributed by atoms with E-state index in [-0.39, 0.29) is 9.83 Å². The Kier molecular flexibility index (Phi) is 2.09. The molecule has 1 aliphatic rings. The molecule has 6 heteroatoms. The van der Waals surface area contributed by atoms with Crippen molar-refractivity contribution in [2.24, 2.45) is 5.73 Å². The van der Waals surface area contributed by atoms with E-state index in [1.165, 1.54) is 0 Å². The van der Waals surface area contributed by atoms with Gasteiger partial charge in [-0.25, -0.2) is 4.79 Å². The third-order valence-electron chi connectivity index (χ3n) is 1.10. The number of nitrogens with one attached hydrogen (secondary N) is 2. The maximum atomic E-state index is 10.8. The molecule has 0 saturated carbocycles. The van der Waals surface area contributed by atoms with Crippen molar-refractivity contribution in [1.82, 2.24) is 10.6 Å². The van der Waals surface area contributed by atoms with Gasteiger partial charge in [-0.1, -0.05) is 22.6 Å². The Labute approximate surface area is 70.9 Å². The van der Waals surface area contributed by atoms with Gasteiger partial charge >= 0.3 is 6.03 Å². The van der Waals surface area contributed by atoms with Crippen LogP contribution in [0, 0.1) is 0 Å².